The Morgan fingerprint density at radius 1 is 1.47 bits per heavy atom. The summed E-state index contributed by atoms with van der Waals surface area (Å²) in [7, 11) is 0. The van der Waals surface area contributed by atoms with Gasteiger partial charge in [-0.2, -0.15) is 0 Å². The fourth-order valence-electron chi connectivity index (χ4n) is 1.39. The van der Waals surface area contributed by atoms with E-state index in [0.717, 1.165) is 16.7 Å². The van der Waals surface area contributed by atoms with Crippen LogP contribution in [0.1, 0.15) is 29.0 Å². The van der Waals surface area contributed by atoms with Crippen LogP contribution in [0.3, 0.4) is 0 Å². The molecule has 0 bridgehead atoms. The van der Waals surface area contributed by atoms with Gasteiger partial charge in [0.2, 0.25) is 0 Å². The monoisotopic (exact) mass is 226 g/mol. The van der Waals surface area contributed by atoms with Crippen molar-refractivity contribution in [3.63, 3.8) is 0 Å². The third kappa shape index (κ3) is 2.72. The number of rotatable bonds is 3. The summed E-state index contributed by atoms with van der Waals surface area (Å²) in [4.78, 5) is 11.5. The SMILES string of the molecule is CCOC(=O)C(Cl)c1cccc(C)c1C. The van der Waals surface area contributed by atoms with Crippen molar-refractivity contribution >= 4 is 17.6 Å². The minimum Gasteiger partial charge on any atom is -0.465 e. The molecule has 0 saturated carbocycles. The van der Waals surface area contributed by atoms with E-state index < -0.39 is 5.38 Å². The van der Waals surface area contributed by atoms with Crippen molar-refractivity contribution in [3.8, 4) is 0 Å². The second kappa shape index (κ2) is 5.17. The molecule has 2 nitrogen and oxygen atoms in total. The third-order valence-corrected chi connectivity index (χ3v) is 2.83. The van der Waals surface area contributed by atoms with Crippen LogP contribution in [0, 0.1) is 13.8 Å². The molecule has 0 spiro atoms. The normalized spacial score (nSPS) is 12.3. The molecule has 0 N–H and O–H groups in total. The van der Waals surface area contributed by atoms with E-state index in [1.165, 1.54) is 0 Å². The van der Waals surface area contributed by atoms with Crippen LogP contribution in [-0.4, -0.2) is 12.6 Å². The molecule has 0 heterocycles. The maximum atomic E-state index is 11.5. The summed E-state index contributed by atoms with van der Waals surface area (Å²) in [5, 5.41) is -0.704. The molecule has 0 aromatic heterocycles. The molecular weight excluding hydrogens is 212 g/mol. The summed E-state index contributed by atoms with van der Waals surface area (Å²) < 4.78 is 4.88. The number of hydrogen-bond acceptors (Lipinski definition) is 2. The Hall–Kier alpha value is -1.02. The van der Waals surface area contributed by atoms with Crippen molar-refractivity contribution in [2.24, 2.45) is 0 Å². The van der Waals surface area contributed by atoms with Crippen molar-refractivity contribution in [1.82, 2.24) is 0 Å². The molecule has 15 heavy (non-hydrogen) atoms. The van der Waals surface area contributed by atoms with E-state index in [4.69, 9.17) is 16.3 Å². The average Bonchev–Trinajstić information content (AvgIpc) is 2.21. The molecule has 1 aromatic carbocycles. The summed E-state index contributed by atoms with van der Waals surface area (Å²) in [6.07, 6.45) is 0. The smallest absolute Gasteiger partial charge is 0.328 e. The van der Waals surface area contributed by atoms with Gasteiger partial charge in [-0.1, -0.05) is 18.2 Å². The number of hydrogen-bond donors (Lipinski definition) is 0. The van der Waals surface area contributed by atoms with E-state index in [1.807, 2.05) is 32.0 Å². The molecule has 0 aliphatic carbocycles. The fraction of sp³-hybridized carbons (Fsp3) is 0.417. The molecule has 0 aliphatic heterocycles. The zero-order valence-corrected chi connectivity index (χ0v) is 9.97. The largest absolute Gasteiger partial charge is 0.465 e. The highest BCUT2D eigenvalue weighted by Crippen LogP contribution is 2.26. The van der Waals surface area contributed by atoms with E-state index in [9.17, 15) is 4.79 Å². The Morgan fingerprint density at radius 2 is 2.13 bits per heavy atom. The first-order chi connectivity index (χ1) is 7.07. The van der Waals surface area contributed by atoms with Gasteiger partial charge in [-0.05, 0) is 37.5 Å². The third-order valence-electron chi connectivity index (χ3n) is 2.41. The quantitative estimate of drug-likeness (QED) is 0.585. The number of alkyl halides is 1. The van der Waals surface area contributed by atoms with Gasteiger partial charge in [0, 0.05) is 0 Å². The zero-order chi connectivity index (χ0) is 11.4. The molecular formula is C12H15ClO2. The van der Waals surface area contributed by atoms with E-state index in [2.05, 4.69) is 0 Å². The Balaban J connectivity index is 2.96. The lowest BCUT2D eigenvalue weighted by atomic mass is 10.0. The summed E-state index contributed by atoms with van der Waals surface area (Å²) >= 11 is 6.04. The first-order valence-corrected chi connectivity index (χ1v) is 5.38. The lowest BCUT2D eigenvalue weighted by Gasteiger charge is -2.13. The molecule has 1 rings (SSSR count). The standard InChI is InChI=1S/C12H15ClO2/c1-4-15-12(14)11(13)10-7-5-6-8(2)9(10)3/h5-7,11H,4H2,1-3H3. The summed E-state index contributed by atoms with van der Waals surface area (Å²) in [6, 6.07) is 5.75. The topological polar surface area (TPSA) is 26.3 Å². The number of carbonyl (C=O) groups is 1. The Morgan fingerprint density at radius 3 is 2.73 bits per heavy atom. The first kappa shape index (κ1) is 12.1. The lowest BCUT2D eigenvalue weighted by molar-refractivity contribution is -0.142. The zero-order valence-electron chi connectivity index (χ0n) is 9.21. The predicted molar refractivity (Wildman–Crippen MR) is 61.1 cm³/mol. The van der Waals surface area contributed by atoms with Gasteiger partial charge in [-0.3, -0.25) is 4.79 Å². The Labute approximate surface area is 95.2 Å². The summed E-state index contributed by atoms with van der Waals surface area (Å²) in [5.41, 5.74) is 3.00. The van der Waals surface area contributed by atoms with Crippen LogP contribution in [0.25, 0.3) is 0 Å². The van der Waals surface area contributed by atoms with Crippen LogP contribution in [0.2, 0.25) is 0 Å². The van der Waals surface area contributed by atoms with E-state index in [0.29, 0.717) is 6.61 Å². The maximum absolute atomic E-state index is 11.5. The van der Waals surface area contributed by atoms with Gasteiger partial charge in [0.25, 0.3) is 0 Å². The van der Waals surface area contributed by atoms with Crippen LogP contribution in [-0.2, 0) is 9.53 Å². The predicted octanol–water partition coefficient (Wildman–Crippen LogP) is 3.15. The van der Waals surface area contributed by atoms with Crippen molar-refractivity contribution in [2.45, 2.75) is 26.1 Å². The van der Waals surface area contributed by atoms with Crippen molar-refractivity contribution in [3.05, 3.63) is 34.9 Å². The molecule has 0 amide bonds. The van der Waals surface area contributed by atoms with Gasteiger partial charge >= 0.3 is 5.97 Å². The van der Waals surface area contributed by atoms with E-state index >= 15 is 0 Å². The fourth-order valence-corrected chi connectivity index (χ4v) is 1.69. The van der Waals surface area contributed by atoms with E-state index in [-0.39, 0.29) is 5.97 Å². The first-order valence-electron chi connectivity index (χ1n) is 4.94. The molecule has 0 fully saturated rings. The highest BCUT2D eigenvalue weighted by molar-refractivity contribution is 6.30. The van der Waals surface area contributed by atoms with Gasteiger partial charge in [-0.25, -0.2) is 0 Å². The highest BCUT2D eigenvalue weighted by atomic mass is 35.5. The molecule has 1 aromatic rings. The molecule has 0 saturated heterocycles. The Kier molecular flexibility index (Phi) is 4.15. The molecule has 1 atom stereocenters. The van der Waals surface area contributed by atoms with Crippen molar-refractivity contribution in [2.75, 3.05) is 6.61 Å². The number of benzene rings is 1. The Bertz CT molecular complexity index is 361. The molecule has 3 heteroatoms. The minimum atomic E-state index is -0.704. The minimum absolute atomic E-state index is 0.354. The second-order valence-electron chi connectivity index (χ2n) is 3.40. The van der Waals surface area contributed by atoms with Crippen LogP contribution >= 0.6 is 11.6 Å². The number of esters is 1. The van der Waals surface area contributed by atoms with Crippen LogP contribution < -0.4 is 0 Å². The molecule has 0 aliphatic rings. The second-order valence-corrected chi connectivity index (χ2v) is 3.84. The van der Waals surface area contributed by atoms with Gasteiger partial charge in [0.15, 0.2) is 5.38 Å². The summed E-state index contributed by atoms with van der Waals surface area (Å²) in [6.45, 7) is 6.07. The number of halogens is 1. The number of carbonyl (C=O) groups excluding carboxylic acids is 1. The summed E-state index contributed by atoms with van der Waals surface area (Å²) in [5.74, 6) is -0.382. The molecule has 82 valence electrons. The average molecular weight is 227 g/mol. The van der Waals surface area contributed by atoms with Gasteiger partial charge in [-0.15, -0.1) is 11.6 Å². The van der Waals surface area contributed by atoms with Gasteiger partial charge < -0.3 is 4.74 Å². The van der Waals surface area contributed by atoms with Crippen molar-refractivity contribution in [1.29, 1.82) is 0 Å². The number of ether oxygens (including phenoxy) is 1. The van der Waals surface area contributed by atoms with Crippen LogP contribution in [0.5, 0.6) is 0 Å². The lowest BCUT2D eigenvalue weighted by Crippen LogP contribution is -2.12. The maximum Gasteiger partial charge on any atom is 0.328 e. The van der Waals surface area contributed by atoms with E-state index in [1.54, 1.807) is 6.92 Å². The van der Waals surface area contributed by atoms with Crippen LogP contribution in [0.15, 0.2) is 18.2 Å². The van der Waals surface area contributed by atoms with Gasteiger partial charge in [0.1, 0.15) is 0 Å². The highest BCUT2D eigenvalue weighted by Gasteiger charge is 2.20. The molecule has 1 unspecified atom stereocenters. The number of aryl methyl sites for hydroxylation is 1. The molecule has 0 radical (unpaired) electrons. The van der Waals surface area contributed by atoms with Crippen LogP contribution in [0.4, 0.5) is 0 Å². The van der Waals surface area contributed by atoms with Gasteiger partial charge in [0.05, 0.1) is 6.61 Å². The van der Waals surface area contributed by atoms with Crippen molar-refractivity contribution < 1.29 is 9.53 Å².